The number of nitrogens with zero attached hydrogens (tertiary/aromatic N) is 5. The van der Waals surface area contributed by atoms with Gasteiger partial charge in [0.05, 0.1) is 37.9 Å². The lowest BCUT2D eigenvalue weighted by Crippen LogP contribution is -2.40. The Hall–Kier alpha value is -4.12. The van der Waals surface area contributed by atoms with E-state index in [1.807, 2.05) is 49.5 Å². The predicted octanol–water partition coefficient (Wildman–Crippen LogP) is 4.62. The van der Waals surface area contributed by atoms with Crippen molar-refractivity contribution in [1.29, 1.82) is 0 Å². The molecule has 4 aromatic rings. The van der Waals surface area contributed by atoms with Crippen LogP contribution in [-0.4, -0.2) is 77.3 Å². The Labute approximate surface area is 253 Å². The molecule has 0 spiro atoms. The van der Waals surface area contributed by atoms with E-state index in [0.717, 1.165) is 67.3 Å². The Morgan fingerprint density at radius 3 is 2.65 bits per heavy atom. The van der Waals surface area contributed by atoms with Crippen molar-refractivity contribution in [2.75, 3.05) is 51.8 Å². The number of aromatic nitrogens is 4. The van der Waals surface area contributed by atoms with Crippen molar-refractivity contribution in [2.24, 2.45) is 0 Å². The van der Waals surface area contributed by atoms with E-state index in [0.29, 0.717) is 29.2 Å². The summed E-state index contributed by atoms with van der Waals surface area (Å²) < 4.78 is 13.0. The maximum Gasteiger partial charge on any atom is 0.255 e. The third-order valence-electron chi connectivity index (χ3n) is 7.68. The first-order chi connectivity index (χ1) is 20.7. The van der Waals surface area contributed by atoms with Gasteiger partial charge < -0.3 is 20.1 Å². The van der Waals surface area contributed by atoms with Gasteiger partial charge in [0.25, 0.3) is 5.91 Å². The first kappa shape index (κ1) is 30.3. The average Bonchev–Trinajstić information content (AvgIpc) is 3.50. The van der Waals surface area contributed by atoms with Crippen LogP contribution < -0.4 is 15.4 Å². The summed E-state index contributed by atoms with van der Waals surface area (Å²) in [6.45, 7) is 14.4. The van der Waals surface area contributed by atoms with Crippen LogP contribution >= 0.6 is 0 Å². The molecule has 226 valence electrons. The van der Waals surface area contributed by atoms with Crippen molar-refractivity contribution in [3.8, 4) is 22.7 Å². The Kier molecular flexibility index (Phi) is 9.49. The summed E-state index contributed by atoms with van der Waals surface area (Å²) in [5, 5.41) is 15.3. The third kappa shape index (κ3) is 7.45. The molecule has 5 rings (SSSR count). The molecule has 10 nitrogen and oxygen atoms in total. The molecule has 10 heteroatoms. The molecular formula is C33H41N7O3. The zero-order valence-corrected chi connectivity index (χ0v) is 25.7. The molecule has 2 aromatic carbocycles. The van der Waals surface area contributed by atoms with Crippen molar-refractivity contribution in [3.05, 3.63) is 83.3 Å². The number of ether oxygens (including phenoxy) is 2. The molecule has 1 saturated heterocycles. The SMILES string of the molecule is COc1c(CNCCN2CCOCC2)cc(C(C)(C)C)cc1NC(=O)c1ccc(C)c(-n2cc(-c3cccnc3)nn2)c1. The van der Waals surface area contributed by atoms with Crippen molar-refractivity contribution in [3.63, 3.8) is 0 Å². The summed E-state index contributed by atoms with van der Waals surface area (Å²) in [6.07, 6.45) is 5.31. The zero-order valence-electron chi connectivity index (χ0n) is 25.7. The molecule has 0 bridgehead atoms. The summed E-state index contributed by atoms with van der Waals surface area (Å²) >= 11 is 0. The molecule has 0 aliphatic carbocycles. The van der Waals surface area contributed by atoms with Crippen LogP contribution in [0.5, 0.6) is 5.75 Å². The molecule has 1 amide bonds. The second-order valence-electron chi connectivity index (χ2n) is 11.8. The number of carbonyl (C=O) groups excluding carboxylic acids is 1. The monoisotopic (exact) mass is 583 g/mol. The number of carbonyl (C=O) groups is 1. The van der Waals surface area contributed by atoms with Crippen LogP contribution in [0, 0.1) is 6.92 Å². The second-order valence-corrected chi connectivity index (χ2v) is 11.8. The fraction of sp³-hybridized carbons (Fsp3) is 0.394. The summed E-state index contributed by atoms with van der Waals surface area (Å²) in [6, 6.07) is 13.6. The van der Waals surface area contributed by atoms with Gasteiger partial charge in [0.2, 0.25) is 0 Å². The highest BCUT2D eigenvalue weighted by Crippen LogP contribution is 2.36. The number of hydrogen-bond donors (Lipinski definition) is 2. The van der Waals surface area contributed by atoms with E-state index in [4.69, 9.17) is 9.47 Å². The lowest BCUT2D eigenvalue weighted by atomic mass is 9.85. The molecule has 0 unspecified atom stereocenters. The van der Waals surface area contributed by atoms with Gasteiger partial charge >= 0.3 is 0 Å². The Morgan fingerprint density at radius 1 is 1.12 bits per heavy atom. The zero-order chi connectivity index (χ0) is 30.4. The van der Waals surface area contributed by atoms with Crippen molar-refractivity contribution in [1.82, 2.24) is 30.2 Å². The smallest absolute Gasteiger partial charge is 0.255 e. The summed E-state index contributed by atoms with van der Waals surface area (Å²) in [7, 11) is 1.65. The van der Waals surface area contributed by atoms with Crippen LogP contribution in [0.2, 0.25) is 0 Å². The largest absolute Gasteiger partial charge is 0.494 e. The van der Waals surface area contributed by atoms with Crippen LogP contribution in [0.25, 0.3) is 16.9 Å². The molecule has 0 radical (unpaired) electrons. The van der Waals surface area contributed by atoms with Gasteiger partial charge in [0, 0.05) is 61.8 Å². The molecule has 2 N–H and O–H groups in total. The van der Waals surface area contributed by atoms with Gasteiger partial charge in [-0.15, -0.1) is 5.10 Å². The minimum atomic E-state index is -0.232. The number of anilines is 1. The lowest BCUT2D eigenvalue weighted by Gasteiger charge is -2.27. The number of morpholine rings is 1. The summed E-state index contributed by atoms with van der Waals surface area (Å²) in [5.74, 6) is 0.425. The van der Waals surface area contributed by atoms with Crippen LogP contribution in [-0.2, 0) is 16.7 Å². The number of aryl methyl sites for hydroxylation is 1. The minimum absolute atomic E-state index is 0.121. The molecule has 2 aromatic heterocycles. The number of hydrogen-bond acceptors (Lipinski definition) is 8. The van der Waals surface area contributed by atoms with E-state index in [9.17, 15) is 4.79 Å². The molecule has 1 aliphatic rings. The van der Waals surface area contributed by atoms with Gasteiger partial charge in [0.1, 0.15) is 11.4 Å². The normalized spacial score (nSPS) is 14.1. The molecule has 43 heavy (non-hydrogen) atoms. The average molecular weight is 584 g/mol. The van der Waals surface area contributed by atoms with Crippen molar-refractivity contribution >= 4 is 11.6 Å². The van der Waals surface area contributed by atoms with Gasteiger partial charge in [-0.1, -0.05) is 38.1 Å². The van der Waals surface area contributed by atoms with E-state index >= 15 is 0 Å². The molecular weight excluding hydrogens is 542 g/mol. The van der Waals surface area contributed by atoms with Crippen LogP contribution in [0.3, 0.4) is 0 Å². The lowest BCUT2D eigenvalue weighted by molar-refractivity contribution is 0.0384. The number of methoxy groups -OCH3 is 1. The molecule has 3 heterocycles. The van der Waals surface area contributed by atoms with Gasteiger partial charge in [-0.05, 0) is 53.8 Å². The number of rotatable bonds is 10. The number of nitrogens with one attached hydrogen (secondary N) is 2. The van der Waals surface area contributed by atoms with Gasteiger partial charge in [-0.2, -0.15) is 0 Å². The van der Waals surface area contributed by atoms with Crippen molar-refractivity contribution < 1.29 is 14.3 Å². The van der Waals surface area contributed by atoms with Crippen LogP contribution in [0.4, 0.5) is 5.69 Å². The van der Waals surface area contributed by atoms with Crippen molar-refractivity contribution in [2.45, 2.75) is 39.7 Å². The molecule has 0 saturated carbocycles. The topological polar surface area (TPSA) is 106 Å². The maximum atomic E-state index is 13.7. The van der Waals surface area contributed by atoms with Gasteiger partial charge in [-0.3, -0.25) is 14.7 Å². The number of pyridine rings is 1. The van der Waals surface area contributed by atoms with Crippen LogP contribution in [0.15, 0.2) is 61.1 Å². The van der Waals surface area contributed by atoms with E-state index < -0.39 is 0 Å². The third-order valence-corrected chi connectivity index (χ3v) is 7.68. The van der Waals surface area contributed by atoms with Gasteiger partial charge in [0.15, 0.2) is 0 Å². The molecule has 1 aliphatic heterocycles. The quantitative estimate of drug-likeness (QED) is 0.261. The summed E-state index contributed by atoms with van der Waals surface area (Å²) in [4.78, 5) is 20.2. The highest BCUT2D eigenvalue weighted by atomic mass is 16.5. The fourth-order valence-corrected chi connectivity index (χ4v) is 5.09. The number of benzene rings is 2. The Morgan fingerprint density at radius 2 is 1.93 bits per heavy atom. The fourth-order valence-electron chi connectivity index (χ4n) is 5.09. The summed E-state index contributed by atoms with van der Waals surface area (Å²) in [5.41, 5.74) is 6.47. The van der Waals surface area contributed by atoms with Crippen LogP contribution in [0.1, 0.15) is 47.8 Å². The van der Waals surface area contributed by atoms with E-state index in [2.05, 4.69) is 57.7 Å². The van der Waals surface area contributed by atoms with Gasteiger partial charge in [-0.25, -0.2) is 4.68 Å². The van der Waals surface area contributed by atoms with E-state index in [1.165, 1.54) is 0 Å². The number of amides is 1. The first-order valence-corrected chi connectivity index (χ1v) is 14.7. The maximum absolute atomic E-state index is 13.7. The molecule has 0 atom stereocenters. The van der Waals surface area contributed by atoms with E-state index in [1.54, 1.807) is 24.2 Å². The van der Waals surface area contributed by atoms with E-state index in [-0.39, 0.29) is 11.3 Å². The Balaban J connectivity index is 1.36. The first-order valence-electron chi connectivity index (χ1n) is 14.7. The minimum Gasteiger partial charge on any atom is -0.494 e. The molecule has 1 fully saturated rings. The standard InChI is InChI=1S/C33H41N7O3/c1-23-8-9-24(18-30(23)40-22-29(37-38-40)25-7-6-10-34-20-25)32(41)36-28-19-27(33(2,3)4)17-26(31(28)42-5)21-35-11-12-39-13-15-43-16-14-39/h6-10,17-20,22,35H,11-16,21H2,1-5H3,(H,36,41). The predicted molar refractivity (Wildman–Crippen MR) is 168 cm³/mol. The highest BCUT2D eigenvalue weighted by molar-refractivity contribution is 6.05. The second kappa shape index (κ2) is 13.5. The Bertz CT molecular complexity index is 1540. The highest BCUT2D eigenvalue weighted by Gasteiger charge is 2.22.